The average molecular weight is 559 g/mol. The highest BCUT2D eigenvalue weighted by molar-refractivity contribution is 9.10. The first kappa shape index (κ1) is 24.6. The Kier molecular flexibility index (Phi) is 7.25. The minimum absolute atomic E-state index is 0.259. The van der Waals surface area contributed by atoms with E-state index in [1.54, 1.807) is 6.20 Å². The molecule has 1 aliphatic carbocycles. The Morgan fingerprint density at radius 2 is 1.57 bits per heavy atom. The Bertz CT molecular complexity index is 1340. The van der Waals surface area contributed by atoms with E-state index in [0.717, 1.165) is 60.1 Å². The number of rotatable bonds is 6. The predicted octanol–water partition coefficient (Wildman–Crippen LogP) is 5.24. The van der Waals surface area contributed by atoms with Gasteiger partial charge in [0.2, 0.25) is 0 Å². The van der Waals surface area contributed by atoms with E-state index in [0.29, 0.717) is 12.6 Å². The van der Waals surface area contributed by atoms with Gasteiger partial charge in [0.15, 0.2) is 0 Å². The van der Waals surface area contributed by atoms with Crippen LogP contribution in [0.15, 0.2) is 83.5 Å². The summed E-state index contributed by atoms with van der Waals surface area (Å²) in [4.78, 5) is 9.43. The molecule has 1 N–H and O–H groups in total. The summed E-state index contributed by atoms with van der Waals surface area (Å²) in [6.07, 6.45) is 3.42. The van der Waals surface area contributed by atoms with Crippen LogP contribution >= 0.6 is 15.9 Å². The summed E-state index contributed by atoms with van der Waals surface area (Å²) in [5, 5.41) is 11.7. The van der Waals surface area contributed by atoms with Crippen molar-refractivity contribution in [3.8, 4) is 5.75 Å². The van der Waals surface area contributed by atoms with Gasteiger partial charge in [-0.1, -0.05) is 54.6 Å². The lowest BCUT2D eigenvalue weighted by molar-refractivity contribution is 0.0403. The Morgan fingerprint density at radius 1 is 0.892 bits per heavy atom. The normalized spacial score (nSPS) is 17.7. The molecular weight excluding hydrogens is 526 g/mol. The molecule has 0 radical (unpaired) electrons. The highest BCUT2D eigenvalue weighted by Crippen LogP contribution is 2.37. The smallest absolute Gasteiger partial charge is 0.128 e. The van der Waals surface area contributed by atoms with Crippen LogP contribution in [0.4, 0.5) is 0 Å². The molecule has 6 heteroatoms. The molecule has 1 fully saturated rings. The maximum Gasteiger partial charge on any atom is 0.128 e. The van der Waals surface area contributed by atoms with E-state index in [1.807, 2.05) is 24.3 Å². The number of benzene rings is 3. The molecule has 190 valence electrons. The molecule has 37 heavy (non-hydrogen) atoms. The van der Waals surface area contributed by atoms with Crippen LogP contribution in [0, 0.1) is 0 Å². The van der Waals surface area contributed by atoms with E-state index in [2.05, 4.69) is 79.2 Å². The third-order valence-corrected chi connectivity index (χ3v) is 8.12. The summed E-state index contributed by atoms with van der Waals surface area (Å²) >= 11 is 3.49. The fourth-order valence-corrected chi connectivity index (χ4v) is 6.18. The molecule has 5 nitrogen and oxygen atoms in total. The van der Waals surface area contributed by atoms with Crippen LogP contribution in [0.25, 0.3) is 10.9 Å². The van der Waals surface area contributed by atoms with Gasteiger partial charge in [-0.2, -0.15) is 0 Å². The number of β-amino-alcohol motifs (C(OH)–C–C–N with tert-alkyl or cyclic N) is 1. The molecular formula is C31H32BrN3O2. The number of hydrogen-bond acceptors (Lipinski definition) is 5. The van der Waals surface area contributed by atoms with E-state index in [9.17, 15) is 5.11 Å². The number of aliphatic hydroxyl groups is 1. The molecule has 2 heterocycles. The zero-order chi connectivity index (χ0) is 25.2. The minimum Gasteiger partial charge on any atom is -0.490 e. The van der Waals surface area contributed by atoms with Crippen molar-refractivity contribution in [3.05, 3.63) is 106 Å². The molecule has 6 rings (SSSR count). The van der Waals surface area contributed by atoms with E-state index in [1.165, 1.54) is 22.3 Å². The predicted molar refractivity (Wildman–Crippen MR) is 151 cm³/mol. The quantitative estimate of drug-likeness (QED) is 0.351. The molecule has 0 saturated carbocycles. The van der Waals surface area contributed by atoms with Crippen molar-refractivity contribution in [3.63, 3.8) is 0 Å². The fourth-order valence-electron chi connectivity index (χ4n) is 5.85. The van der Waals surface area contributed by atoms with E-state index >= 15 is 0 Å². The molecule has 0 bridgehead atoms. The molecule has 1 atom stereocenters. The minimum atomic E-state index is -0.554. The zero-order valence-corrected chi connectivity index (χ0v) is 22.5. The number of pyridine rings is 1. The van der Waals surface area contributed by atoms with Gasteiger partial charge in [0, 0.05) is 48.8 Å². The Morgan fingerprint density at radius 3 is 2.27 bits per heavy atom. The summed E-state index contributed by atoms with van der Waals surface area (Å²) in [5.74, 6) is 0.751. The number of halogens is 1. The van der Waals surface area contributed by atoms with Gasteiger partial charge >= 0.3 is 0 Å². The van der Waals surface area contributed by atoms with Crippen LogP contribution in [-0.2, 0) is 12.8 Å². The number of ether oxygens (including phenoxy) is 1. The molecule has 1 saturated heterocycles. The molecule has 1 aromatic heterocycles. The van der Waals surface area contributed by atoms with Crippen molar-refractivity contribution in [2.24, 2.45) is 0 Å². The lowest BCUT2D eigenvalue weighted by atomic mass is 9.92. The second-order valence-corrected chi connectivity index (χ2v) is 11.0. The molecule has 1 unspecified atom stereocenters. The van der Waals surface area contributed by atoms with Crippen molar-refractivity contribution in [1.29, 1.82) is 0 Å². The van der Waals surface area contributed by atoms with Gasteiger partial charge in [-0.15, -0.1) is 0 Å². The number of piperazine rings is 1. The highest BCUT2D eigenvalue weighted by atomic mass is 79.9. The first-order valence-electron chi connectivity index (χ1n) is 13.1. The van der Waals surface area contributed by atoms with Crippen LogP contribution in [-0.4, -0.2) is 65.3 Å². The van der Waals surface area contributed by atoms with Crippen molar-refractivity contribution in [2.45, 2.75) is 25.0 Å². The molecule has 0 amide bonds. The van der Waals surface area contributed by atoms with Crippen molar-refractivity contribution in [1.82, 2.24) is 14.8 Å². The van der Waals surface area contributed by atoms with Gasteiger partial charge < -0.3 is 9.84 Å². The first-order chi connectivity index (χ1) is 18.2. The van der Waals surface area contributed by atoms with Crippen LogP contribution in [0.1, 0.15) is 28.3 Å². The highest BCUT2D eigenvalue weighted by Gasteiger charge is 2.31. The number of aryl methyl sites for hydroxylation is 2. The SMILES string of the molecule is OC(COc1cccc2ncc(Br)cc12)CN1CCN(C2c3ccccc3CCc3ccccc32)CC1. The van der Waals surface area contributed by atoms with Gasteiger partial charge in [-0.25, -0.2) is 0 Å². The maximum absolute atomic E-state index is 10.8. The van der Waals surface area contributed by atoms with Gasteiger partial charge in [0.25, 0.3) is 0 Å². The van der Waals surface area contributed by atoms with Crippen molar-refractivity contribution < 1.29 is 9.84 Å². The number of nitrogens with zero attached hydrogens (tertiary/aromatic N) is 3. The number of hydrogen-bond donors (Lipinski definition) is 1. The molecule has 4 aromatic rings. The maximum atomic E-state index is 10.8. The van der Waals surface area contributed by atoms with E-state index in [-0.39, 0.29) is 6.61 Å². The zero-order valence-electron chi connectivity index (χ0n) is 20.9. The van der Waals surface area contributed by atoms with Gasteiger partial charge in [0.05, 0.1) is 11.6 Å². The summed E-state index contributed by atoms with van der Waals surface area (Å²) in [6.45, 7) is 4.69. The van der Waals surface area contributed by atoms with Crippen molar-refractivity contribution in [2.75, 3.05) is 39.3 Å². The van der Waals surface area contributed by atoms with Crippen LogP contribution in [0.5, 0.6) is 5.75 Å². The topological polar surface area (TPSA) is 48.8 Å². The van der Waals surface area contributed by atoms with E-state index < -0.39 is 6.10 Å². The summed E-state index contributed by atoms with van der Waals surface area (Å²) in [6, 6.07) is 26.1. The fraction of sp³-hybridized carbons (Fsp3) is 0.323. The summed E-state index contributed by atoms with van der Waals surface area (Å²) < 4.78 is 6.95. The number of fused-ring (bicyclic) bond motifs is 3. The van der Waals surface area contributed by atoms with Gasteiger partial charge in [-0.05, 0) is 69.2 Å². The lowest BCUT2D eigenvalue weighted by Gasteiger charge is -2.40. The Labute approximate surface area is 226 Å². The van der Waals surface area contributed by atoms with Crippen molar-refractivity contribution >= 4 is 26.8 Å². The summed E-state index contributed by atoms with van der Waals surface area (Å²) in [5.41, 5.74) is 6.72. The number of aromatic nitrogens is 1. The van der Waals surface area contributed by atoms with Gasteiger partial charge in [-0.3, -0.25) is 14.8 Å². The van der Waals surface area contributed by atoms with Crippen LogP contribution in [0.3, 0.4) is 0 Å². The Balaban J connectivity index is 1.10. The average Bonchev–Trinajstić information content (AvgIpc) is 3.09. The molecule has 2 aliphatic rings. The first-order valence-corrected chi connectivity index (χ1v) is 13.9. The third kappa shape index (κ3) is 5.30. The molecule has 3 aromatic carbocycles. The third-order valence-electron chi connectivity index (χ3n) is 7.69. The standard InChI is InChI=1S/C31H32BrN3O2/c32-24-18-28-29(33-19-24)10-5-11-30(28)37-21-25(36)20-34-14-16-35(17-15-34)31-26-8-3-1-6-22(26)12-13-23-7-2-4-9-27(23)31/h1-11,18-19,25,31,36H,12-17,20-21H2. The largest absolute Gasteiger partial charge is 0.490 e. The summed E-state index contributed by atoms with van der Waals surface area (Å²) in [7, 11) is 0. The van der Waals surface area contributed by atoms with Crippen LogP contribution < -0.4 is 4.74 Å². The second kappa shape index (κ2) is 10.9. The monoisotopic (exact) mass is 557 g/mol. The van der Waals surface area contributed by atoms with Gasteiger partial charge in [0.1, 0.15) is 18.5 Å². The lowest BCUT2D eigenvalue weighted by Crippen LogP contribution is -2.50. The number of aliphatic hydroxyl groups excluding tert-OH is 1. The Hall–Kier alpha value is -2.77. The van der Waals surface area contributed by atoms with Crippen LogP contribution in [0.2, 0.25) is 0 Å². The molecule has 0 spiro atoms. The second-order valence-electron chi connectivity index (χ2n) is 10.1. The molecule has 1 aliphatic heterocycles. The van der Waals surface area contributed by atoms with E-state index in [4.69, 9.17) is 4.74 Å².